The molecule has 0 spiro atoms. The van der Waals surface area contributed by atoms with Gasteiger partial charge in [-0.25, -0.2) is 4.58 Å². The second-order valence-corrected chi connectivity index (χ2v) is 9.95. The van der Waals surface area contributed by atoms with Gasteiger partial charge in [-0.05, 0) is 49.7 Å². The molecule has 1 aliphatic heterocycles. The quantitative estimate of drug-likeness (QED) is 0.202. The van der Waals surface area contributed by atoms with Crippen LogP contribution in [0.15, 0.2) is 46.9 Å². The second-order valence-electron chi connectivity index (χ2n) is 6.74. The molecule has 0 aliphatic carbocycles. The van der Waals surface area contributed by atoms with Crippen molar-refractivity contribution in [3.05, 3.63) is 61.4 Å². The van der Waals surface area contributed by atoms with E-state index in [2.05, 4.69) is 58.6 Å². The van der Waals surface area contributed by atoms with Gasteiger partial charge in [-0.1, -0.05) is 50.7 Å². The molecule has 4 rings (SSSR count). The number of nitrogens with zero attached hydrogens (tertiary/aromatic N) is 1. The maximum atomic E-state index is 9.75. The third-order valence-corrected chi connectivity index (χ3v) is 7.99. The van der Waals surface area contributed by atoms with Gasteiger partial charge in [0.05, 0.1) is 16.9 Å². The molecule has 0 bridgehead atoms. The maximum Gasteiger partial charge on any atom is 0.673 e. The minimum atomic E-state index is -6.00. The van der Waals surface area contributed by atoms with Crippen molar-refractivity contribution in [3.8, 4) is 21.9 Å². The highest BCUT2D eigenvalue weighted by Gasteiger charge is 2.32. The van der Waals surface area contributed by atoms with Gasteiger partial charge in [-0.3, -0.25) is 0 Å². The highest BCUT2D eigenvalue weighted by molar-refractivity contribution is 9.10. The van der Waals surface area contributed by atoms with Crippen molar-refractivity contribution >= 4 is 45.9 Å². The number of halogens is 5. The van der Waals surface area contributed by atoms with Crippen molar-refractivity contribution in [2.45, 2.75) is 20.0 Å². The molecule has 2 heterocycles. The summed E-state index contributed by atoms with van der Waals surface area (Å²) in [5, 5.41) is 0. The van der Waals surface area contributed by atoms with Gasteiger partial charge in [0.2, 0.25) is 0 Å². The van der Waals surface area contributed by atoms with E-state index in [9.17, 15) is 17.3 Å². The van der Waals surface area contributed by atoms with E-state index in [-0.39, 0.29) is 6.10 Å². The first kappa shape index (κ1) is 24.8. The van der Waals surface area contributed by atoms with E-state index in [0.717, 1.165) is 34.6 Å². The number of hydrogen-bond donors (Lipinski definition) is 0. The van der Waals surface area contributed by atoms with Gasteiger partial charge in [-0.15, -0.1) is 0 Å². The van der Waals surface area contributed by atoms with Crippen molar-refractivity contribution in [1.29, 1.82) is 0 Å². The standard InChI is InChI=1S/C21H21BrNO2S2.BF4/c1-4-23(5-2)21-26-19-16-12-14(22)8-11-17(16)25-18(20(19)27-21)13-6-9-15(24-3)10-7-13;2-1(3,4)5/h6-12,18H,4-5H2,1-3H3;/q+1;-1. The van der Waals surface area contributed by atoms with Gasteiger partial charge in [0.25, 0.3) is 0 Å². The van der Waals surface area contributed by atoms with E-state index >= 15 is 0 Å². The zero-order valence-corrected chi connectivity index (χ0v) is 20.8. The van der Waals surface area contributed by atoms with Gasteiger partial charge in [-0.2, -0.15) is 0 Å². The highest BCUT2D eigenvalue weighted by Crippen LogP contribution is 2.48. The third-order valence-electron chi connectivity index (χ3n) is 4.72. The normalized spacial score (nSPS) is 14.4. The lowest BCUT2D eigenvalue weighted by Crippen LogP contribution is -2.25. The van der Waals surface area contributed by atoms with Crippen LogP contribution in [0.1, 0.15) is 30.4 Å². The minimum Gasteiger partial charge on any atom is -0.497 e. The monoisotopic (exact) mass is 549 g/mol. The Morgan fingerprint density at radius 1 is 1.03 bits per heavy atom. The van der Waals surface area contributed by atoms with Gasteiger partial charge in [0.1, 0.15) is 24.6 Å². The lowest BCUT2D eigenvalue weighted by molar-refractivity contribution is 0.248. The van der Waals surface area contributed by atoms with Crippen molar-refractivity contribution in [2.75, 3.05) is 20.2 Å². The first-order valence-electron chi connectivity index (χ1n) is 9.84. The van der Waals surface area contributed by atoms with Crippen LogP contribution >= 0.6 is 38.6 Å². The Balaban J connectivity index is 0.000000523. The van der Waals surface area contributed by atoms with Crippen LogP contribution in [0.5, 0.6) is 11.5 Å². The first-order chi connectivity index (χ1) is 15.1. The number of ether oxygens (including phenoxy) is 2. The van der Waals surface area contributed by atoms with Crippen LogP contribution in [0.2, 0.25) is 0 Å². The van der Waals surface area contributed by atoms with E-state index in [1.165, 1.54) is 19.3 Å². The van der Waals surface area contributed by atoms with E-state index in [4.69, 9.17) is 9.47 Å². The summed E-state index contributed by atoms with van der Waals surface area (Å²) in [4.78, 5) is 2.59. The Morgan fingerprint density at radius 2 is 1.66 bits per heavy atom. The highest BCUT2D eigenvalue weighted by atomic mass is 79.9. The molecule has 1 atom stereocenters. The van der Waals surface area contributed by atoms with Crippen LogP contribution in [-0.4, -0.2) is 27.5 Å². The van der Waals surface area contributed by atoms with Gasteiger partial charge < -0.3 is 26.7 Å². The number of rotatable bonds is 4. The first-order valence-corrected chi connectivity index (χ1v) is 12.3. The molecular weight excluding hydrogens is 529 g/mol. The fourth-order valence-electron chi connectivity index (χ4n) is 3.23. The Morgan fingerprint density at radius 3 is 2.22 bits per heavy atom. The minimum absolute atomic E-state index is 0.0925. The van der Waals surface area contributed by atoms with Crippen LogP contribution in [-0.2, 0) is 0 Å². The number of benzene rings is 2. The zero-order valence-electron chi connectivity index (χ0n) is 17.6. The lowest BCUT2D eigenvalue weighted by Gasteiger charge is -2.26. The Kier molecular flexibility index (Phi) is 8.05. The summed E-state index contributed by atoms with van der Waals surface area (Å²) in [6.07, 6.45) is -0.0925. The van der Waals surface area contributed by atoms with Crippen molar-refractivity contribution in [2.24, 2.45) is 0 Å². The van der Waals surface area contributed by atoms with Gasteiger partial charge in [0.15, 0.2) is 6.10 Å². The summed E-state index contributed by atoms with van der Waals surface area (Å²) >= 11 is 7.33. The van der Waals surface area contributed by atoms with Crippen LogP contribution in [0.4, 0.5) is 17.3 Å². The fraction of sp³-hybridized carbons (Fsp3) is 0.286. The molecule has 3 aromatic rings. The number of methoxy groups -OCH3 is 1. The molecule has 11 heteroatoms. The topological polar surface area (TPSA) is 21.5 Å². The van der Waals surface area contributed by atoms with Gasteiger partial charge in [0, 0.05) is 10.0 Å². The summed E-state index contributed by atoms with van der Waals surface area (Å²) in [7, 11) is -4.31. The smallest absolute Gasteiger partial charge is 0.497 e. The maximum absolute atomic E-state index is 9.75. The van der Waals surface area contributed by atoms with E-state index in [0.29, 0.717) is 0 Å². The summed E-state index contributed by atoms with van der Waals surface area (Å²) in [6, 6.07) is 14.4. The molecule has 0 saturated heterocycles. The van der Waals surface area contributed by atoms with Crippen molar-refractivity contribution in [3.63, 3.8) is 0 Å². The van der Waals surface area contributed by atoms with E-state index in [1.54, 1.807) is 7.11 Å². The average Bonchev–Trinajstić information content (AvgIpc) is 3.18. The van der Waals surface area contributed by atoms with Crippen LogP contribution < -0.4 is 18.0 Å². The SMILES string of the molecule is CC[N+](CC)=c1sc2c(s1)C(c1ccc(OC)cc1)Oc1ccc(Br)cc1-2.F[B-](F)(F)F. The number of hydrogen-bond acceptors (Lipinski definition) is 4. The molecule has 1 aliphatic rings. The summed E-state index contributed by atoms with van der Waals surface area (Å²) in [6.45, 7) is 6.42. The van der Waals surface area contributed by atoms with Crippen LogP contribution in [0, 0.1) is 0 Å². The average molecular weight is 550 g/mol. The molecule has 0 N–H and O–H groups in total. The molecule has 0 fully saturated rings. The predicted octanol–water partition coefficient (Wildman–Crippen LogP) is 6.84. The summed E-state index contributed by atoms with van der Waals surface area (Å²) in [5.74, 6) is 1.80. The molecular formula is C21H21BBrF4NO2S2. The second kappa shape index (κ2) is 10.4. The molecule has 32 heavy (non-hydrogen) atoms. The molecule has 0 radical (unpaired) electrons. The molecule has 3 nitrogen and oxygen atoms in total. The van der Waals surface area contributed by atoms with Crippen LogP contribution in [0.3, 0.4) is 0 Å². The summed E-state index contributed by atoms with van der Waals surface area (Å²) < 4.78 is 55.6. The molecule has 0 amide bonds. The van der Waals surface area contributed by atoms with Crippen molar-refractivity contribution in [1.82, 2.24) is 4.58 Å². The largest absolute Gasteiger partial charge is 0.673 e. The fourth-order valence-corrected chi connectivity index (χ4v) is 6.64. The molecule has 1 unspecified atom stereocenters. The molecule has 1 aromatic heterocycles. The third kappa shape index (κ3) is 5.93. The molecule has 2 aromatic carbocycles. The number of fused-ring (bicyclic) bond motifs is 3. The van der Waals surface area contributed by atoms with Crippen LogP contribution in [0.25, 0.3) is 10.4 Å². The van der Waals surface area contributed by atoms with E-state index in [1.807, 2.05) is 40.9 Å². The zero-order chi connectivity index (χ0) is 23.5. The lowest BCUT2D eigenvalue weighted by atomic mass is 10.0. The Hall–Kier alpha value is -1.85. The molecule has 0 saturated carbocycles. The van der Waals surface area contributed by atoms with E-state index < -0.39 is 7.25 Å². The van der Waals surface area contributed by atoms with Gasteiger partial charge >= 0.3 is 11.2 Å². The Bertz CT molecular complexity index is 1130. The molecule has 172 valence electrons. The summed E-state index contributed by atoms with van der Waals surface area (Å²) in [5.41, 5.74) is 2.31. The van der Waals surface area contributed by atoms with Crippen molar-refractivity contribution < 1.29 is 26.7 Å². The predicted molar refractivity (Wildman–Crippen MR) is 127 cm³/mol. The Labute approximate surface area is 200 Å².